The molecular weight excluding hydrogens is 206 g/mol. The maximum absolute atomic E-state index is 10.6. The van der Waals surface area contributed by atoms with E-state index in [-0.39, 0.29) is 17.6 Å². The van der Waals surface area contributed by atoms with Crippen LogP contribution in [0.5, 0.6) is 0 Å². The van der Waals surface area contributed by atoms with Gasteiger partial charge in [-0.1, -0.05) is 11.6 Å². The number of nitrogen functional groups attached to an aromatic ring is 1. The van der Waals surface area contributed by atoms with Crippen LogP contribution < -0.4 is 16.4 Å². The highest BCUT2D eigenvalue weighted by Crippen LogP contribution is 2.15. The smallest absolute Gasteiger partial charge is 0.236 e. The Balaban J connectivity index is 2.89. The van der Waals surface area contributed by atoms with Crippen LogP contribution in [0.3, 0.4) is 0 Å². The van der Waals surface area contributed by atoms with Gasteiger partial charge in [0, 0.05) is 13.1 Å². The van der Waals surface area contributed by atoms with E-state index in [1.54, 1.807) is 7.05 Å². The first-order valence-electron chi connectivity index (χ1n) is 3.78. The van der Waals surface area contributed by atoms with Gasteiger partial charge in [-0.25, -0.2) is 4.98 Å². The zero-order valence-corrected chi connectivity index (χ0v) is 8.32. The van der Waals surface area contributed by atoms with Crippen LogP contribution in [0.15, 0.2) is 6.07 Å². The predicted octanol–water partition coefficient (Wildman–Crippen LogP) is -0.366. The summed E-state index contributed by atoms with van der Waals surface area (Å²) < 4.78 is 0. The van der Waals surface area contributed by atoms with Gasteiger partial charge in [0.25, 0.3) is 0 Å². The van der Waals surface area contributed by atoms with Gasteiger partial charge in [0.15, 0.2) is 0 Å². The minimum atomic E-state index is -0.458. The highest BCUT2D eigenvalue weighted by atomic mass is 35.5. The molecule has 0 radical (unpaired) electrons. The van der Waals surface area contributed by atoms with Crippen molar-refractivity contribution in [1.29, 1.82) is 0 Å². The minimum Gasteiger partial charge on any atom is -0.368 e. The maximum Gasteiger partial charge on any atom is 0.236 e. The second kappa shape index (κ2) is 4.10. The fourth-order valence-corrected chi connectivity index (χ4v) is 1.12. The number of nitrogens with two attached hydrogens (primary N) is 2. The molecule has 0 fully saturated rings. The lowest BCUT2D eigenvalue weighted by Gasteiger charge is -2.15. The number of anilines is 2. The molecule has 0 aromatic carbocycles. The summed E-state index contributed by atoms with van der Waals surface area (Å²) in [6, 6.07) is 1.50. The topological polar surface area (TPSA) is 98.1 Å². The SMILES string of the molecule is CN(CC(N)=O)c1cc(Cl)nc(N)n1. The number of nitrogens with zero attached hydrogens (tertiary/aromatic N) is 3. The van der Waals surface area contributed by atoms with Crippen molar-refractivity contribution in [1.82, 2.24) is 9.97 Å². The first-order valence-corrected chi connectivity index (χ1v) is 4.16. The number of amides is 1. The van der Waals surface area contributed by atoms with Gasteiger partial charge in [0.2, 0.25) is 11.9 Å². The number of primary amides is 1. The molecule has 1 amide bonds. The summed E-state index contributed by atoms with van der Waals surface area (Å²) in [4.78, 5) is 19.7. The van der Waals surface area contributed by atoms with Crippen molar-refractivity contribution in [2.45, 2.75) is 0 Å². The largest absolute Gasteiger partial charge is 0.368 e. The summed E-state index contributed by atoms with van der Waals surface area (Å²) in [7, 11) is 1.66. The average Bonchev–Trinajstić information content (AvgIpc) is 2.00. The molecule has 7 heteroatoms. The molecule has 0 atom stereocenters. The van der Waals surface area contributed by atoms with E-state index in [0.29, 0.717) is 5.82 Å². The van der Waals surface area contributed by atoms with E-state index in [0.717, 1.165) is 0 Å². The number of carbonyl (C=O) groups excluding carboxylic acids is 1. The molecule has 1 heterocycles. The van der Waals surface area contributed by atoms with Crippen LogP contribution in [0.1, 0.15) is 0 Å². The van der Waals surface area contributed by atoms with Gasteiger partial charge in [0.05, 0.1) is 6.54 Å². The van der Waals surface area contributed by atoms with Crippen molar-refractivity contribution in [2.24, 2.45) is 5.73 Å². The molecule has 0 aliphatic heterocycles. The van der Waals surface area contributed by atoms with Crippen molar-refractivity contribution in [3.8, 4) is 0 Å². The zero-order valence-electron chi connectivity index (χ0n) is 7.57. The molecule has 4 N–H and O–H groups in total. The number of likely N-dealkylation sites (N-methyl/N-ethyl adjacent to an activating group) is 1. The van der Waals surface area contributed by atoms with Crippen molar-refractivity contribution in [2.75, 3.05) is 24.2 Å². The van der Waals surface area contributed by atoms with E-state index in [2.05, 4.69) is 9.97 Å². The molecule has 0 spiro atoms. The van der Waals surface area contributed by atoms with E-state index in [9.17, 15) is 4.79 Å². The molecule has 6 nitrogen and oxygen atoms in total. The highest BCUT2D eigenvalue weighted by Gasteiger charge is 2.07. The lowest BCUT2D eigenvalue weighted by Crippen LogP contribution is -2.31. The van der Waals surface area contributed by atoms with Crippen molar-refractivity contribution < 1.29 is 4.79 Å². The highest BCUT2D eigenvalue weighted by molar-refractivity contribution is 6.29. The molecule has 76 valence electrons. The van der Waals surface area contributed by atoms with Crippen LogP contribution in [0.25, 0.3) is 0 Å². The Labute approximate surface area is 85.9 Å². The van der Waals surface area contributed by atoms with Crippen LogP contribution in [0, 0.1) is 0 Å². The van der Waals surface area contributed by atoms with Gasteiger partial charge in [-0.15, -0.1) is 0 Å². The number of aromatic nitrogens is 2. The normalized spacial score (nSPS) is 9.86. The summed E-state index contributed by atoms with van der Waals surface area (Å²) in [5.41, 5.74) is 10.4. The van der Waals surface area contributed by atoms with Crippen LogP contribution in [0.4, 0.5) is 11.8 Å². The molecule has 0 bridgehead atoms. The third-order valence-corrected chi connectivity index (χ3v) is 1.68. The van der Waals surface area contributed by atoms with E-state index in [4.69, 9.17) is 23.1 Å². The summed E-state index contributed by atoms with van der Waals surface area (Å²) in [5.74, 6) is 0.0610. The lowest BCUT2D eigenvalue weighted by molar-refractivity contribution is -0.116. The third kappa shape index (κ3) is 2.74. The summed E-state index contributed by atoms with van der Waals surface area (Å²) >= 11 is 5.66. The molecule has 0 saturated carbocycles. The molecule has 1 aromatic rings. The molecule has 0 aliphatic carbocycles. The zero-order chi connectivity index (χ0) is 10.7. The monoisotopic (exact) mass is 215 g/mol. The predicted molar refractivity (Wildman–Crippen MR) is 53.9 cm³/mol. The fraction of sp³-hybridized carbons (Fsp3) is 0.286. The van der Waals surface area contributed by atoms with Gasteiger partial charge in [-0.2, -0.15) is 4.98 Å². The Morgan fingerprint density at radius 1 is 1.64 bits per heavy atom. The second-order valence-electron chi connectivity index (χ2n) is 2.73. The van der Waals surface area contributed by atoms with Gasteiger partial charge >= 0.3 is 0 Å². The van der Waals surface area contributed by atoms with E-state index in [1.165, 1.54) is 11.0 Å². The number of rotatable bonds is 3. The Bertz CT molecular complexity index is 336. The first kappa shape index (κ1) is 10.5. The number of hydrogen-bond donors (Lipinski definition) is 2. The molecule has 0 saturated heterocycles. The van der Waals surface area contributed by atoms with Crippen molar-refractivity contribution in [3.63, 3.8) is 0 Å². The summed E-state index contributed by atoms with van der Waals surface area (Å²) in [5, 5.41) is 0.226. The van der Waals surface area contributed by atoms with E-state index >= 15 is 0 Å². The molecule has 1 rings (SSSR count). The Kier molecular flexibility index (Phi) is 3.08. The Morgan fingerprint density at radius 2 is 2.29 bits per heavy atom. The maximum atomic E-state index is 10.6. The van der Waals surface area contributed by atoms with Crippen LogP contribution in [-0.2, 0) is 4.79 Å². The summed E-state index contributed by atoms with van der Waals surface area (Å²) in [6.07, 6.45) is 0. The number of halogens is 1. The first-order chi connectivity index (χ1) is 6.49. The fourth-order valence-electron chi connectivity index (χ4n) is 0.933. The van der Waals surface area contributed by atoms with E-state index in [1.807, 2.05) is 0 Å². The minimum absolute atomic E-state index is 0.0484. The molecular formula is C7H10ClN5O. The molecule has 14 heavy (non-hydrogen) atoms. The molecule has 0 unspecified atom stereocenters. The van der Waals surface area contributed by atoms with Gasteiger partial charge in [-0.3, -0.25) is 4.79 Å². The van der Waals surface area contributed by atoms with Gasteiger partial charge < -0.3 is 16.4 Å². The van der Waals surface area contributed by atoms with E-state index < -0.39 is 5.91 Å². The quantitative estimate of drug-likeness (QED) is 0.671. The van der Waals surface area contributed by atoms with Gasteiger partial charge in [-0.05, 0) is 0 Å². The van der Waals surface area contributed by atoms with Crippen LogP contribution >= 0.6 is 11.6 Å². The third-order valence-electron chi connectivity index (χ3n) is 1.48. The Hall–Kier alpha value is -1.56. The Morgan fingerprint density at radius 3 is 2.79 bits per heavy atom. The van der Waals surface area contributed by atoms with Crippen LogP contribution in [0.2, 0.25) is 5.15 Å². The average molecular weight is 216 g/mol. The van der Waals surface area contributed by atoms with Crippen molar-refractivity contribution >= 4 is 29.3 Å². The number of hydrogen-bond acceptors (Lipinski definition) is 5. The lowest BCUT2D eigenvalue weighted by atomic mass is 10.5. The standard InChI is InChI=1S/C7H10ClN5O/c1-13(3-5(9)14)6-2-4(8)11-7(10)12-6/h2H,3H2,1H3,(H2,9,14)(H2,10,11,12). The second-order valence-corrected chi connectivity index (χ2v) is 3.12. The number of carbonyl (C=O) groups is 1. The van der Waals surface area contributed by atoms with Crippen molar-refractivity contribution in [3.05, 3.63) is 11.2 Å². The summed E-state index contributed by atoms with van der Waals surface area (Å²) in [6.45, 7) is 0.0484. The molecule has 1 aromatic heterocycles. The van der Waals surface area contributed by atoms with Crippen LogP contribution in [-0.4, -0.2) is 29.5 Å². The molecule has 0 aliphatic rings. The van der Waals surface area contributed by atoms with Gasteiger partial charge in [0.1, 0.15) is 11.0 Å².